The summed E-state index contributed by atoms with van der Waals surface area (Å²) in [6, 6.07) is -0.654. The molecule has 0 aromatic rings. The first-order valence-electron chi connectivity index (χ1n) is 25.4. The van der Waals surface area contributed by atoms with Crippen molar-refractivity contribution in [3.8, 4) is 0 Å². The molecule has 0 heterocycles. The van der Waals surface area contributed by atoms with E-state index in [9.17, 15) is 15.0 Å². The van der Waals surface area contributed by atoms with Crippen molar-refractivity contribution >= 4 is 5.91 Å². The lowest BCUT2D eigenvalue weighted by atomic mass is 10.1. The van der Waals surface area contributed by atoms with Crippen molar-refractivity contribution in [2.75, 3.05) is 6.61 Å². The Morgan fingerprint density at radius 3 is 1.13 bits per heavy atom. The minimum Gasteiger partial charge on any atom is -0.394 e. The lowest BCUT2D eigenvalue weighted by Crippen LogP contribution is -2.45. The van der Waals surface area contributed by atoms with Crippen LogP contribution in [0.3, 0.4) is 0 Å². The molecule has 0 aromatic carbocycles. The molecular weight excluding hydrogens is 759 g/mol. The van der Waals surface area contributed by atoms with Gasteiger partial charge in [0.25, 0.3) is 0 Å². The van der Waals surface area contributed by atoms with Crippen LogP contribution in [0.15, 0.2) is 134 Å². The van der Waals surface area contributed by atoms with Gasteiger partial charge in [0.2, 0.25) is 5.91 Å². The number of aliphatic hydroxyl groups is 2. The van der Waals surface area contributed by atoms with Gasteiger partial charge in [0.1, 0.15) is 0 Å². The van der Waals surface area contributed by atoms with Crippen LogP contribution in [-0.4, -0.2) is 34.9 Å². The van der Waals surface area contributed by atoms with Crippen molar-refractivity contribution in [1.29, 1.82) is 0 Å². The Balaban J connectivity index is 3.69. The Morgan fingerprint density at radius 1 is 0.403 bits per heavy atom. The fourth-order valence-electron chi connectivity index (χ4n) is 6.77. The van der Waals surface area contributed by atoms with Gasteiger partial charge in [-0.3, -0.25) is 4.79 Å². The zero-order chi connectivity index (χ0) is 44.9. The van der Waals surface area contributed by atoms with Crippen LogP contribution in [0.1, 0.15) is 206 Å². The van der Waals surface area contributed by atoms with Gasteiger partial charge in [0.05, 0.1) is 18.8 Å². The van der Waals surface area contributed by atoms with Crippen LogP contribution in [0.2, 0.25) is 0 Å². The van der Waals surface area contributed by atoms with Gasteiger partial charge in [-0.05, 0) is 103 Å². The van der Waals surface area contributed by atoms with Gasteiger partial charge in [-0.1, -0.05) is 231 Å². The molecule has 4 heteroatoms. The summed E-state index contributed by atoms with van der Waals surface area (Å²) in [4.78, 5) is 12.4. The molecule has 0 bridgehead atoms. The lowest BCUT2D eigenvalue weighted by Gasteiger charge is -2.19. The maximum Gasteiger partial charge on any atom is 0.220 e. The molecule has 0 saturated heterocycles. The standard InChI is InChI=1S/C58H95NO3/c1-3-5-7-9-11-13-15-17-19-20-21-22-23-24-25-26-27-28-29-30-31-32-33-34-35-36-37-38-40-42-44-46-48-50-52-54-58(62)59-56(55-60)57(61)53-51-49-47-45-43-41-39-18-16-14-12-10-8-6-4-2/h5,7,11,13,17,19,21-22,24-25,27-28,30-31,33-34,36-37,43,45,51,53,56-57,60-61H,3-4,6,8-10,12,14-16,18,20,23,26,29,32,35,38-42,44,46-50,52,54-55H2,1-2H3,(H,59,62)/b7-5-,13-11-,19-17-,22-21-,25-24-,28-27-,31-30-,34-33-,37-36-,45-43+,53-51+. The van der Waals surface area contributed by atoms with E-state index in [1.807, 2.05) is 6.08 Å². The number of hydrogen-bond acceptors (Lipinski definition) is 3. The number of amides is 1. The van der Waals surface area contributed by atoms with E-state index in [2.05, 4.69) is 141 Å². The van der Waals surface area contributed by atoms with Crippen LogP contribution in [0.5, 0.6) is 0 Å². The van der Waals surface area contributed by atoms with E-state index in [1.54, 1.807) is 6.08 Å². The maximum absolute atomic E-state index is 12.4. The highest BCUT2D eigenvalue weighted by Crippen LogP contribution is 2.12. The quantitative estimate of drug-likeness (QED) is 0.0422. The second kappa shape index (κ2) is 51.9. The predicted molar refractivity (Wildman–Crippen MR) is 275 cm³/mol. The summed E-state index contributed by atoms with van der Waals surface area (Å²) >= 11 is 0. The molecule has 0 saturated carbocycles. The third kappa shape index (κ3) is 47.6. The Morgan fingerprint density at radius 2 is 0.726 bits per heavy atom. The first kappa shape index (κ1) is 58.5. The second-order valence-corrected chi connectivity index (χ2v) is 16.5. The van der Waals surface area contributed by atoms with E-state index in [1.165, 1.54) is 83.5 Å². The topological polar surface area (TPSA) is 69.6 Å². The number of unbranched alkanes of at least 4 members (excludes halogenated alkanes) is 17. The van der Waals surface area contributed by atoms with E-state index in [-0.39, 0.29) is 12.5 Å². The van der Waals surface area contributed by atoms with Crippen LogP contribution in [-0.2, 0) is 4.79 Å². The van der Waals surface area contributed by atoms with Gasteiger partial charge in [-0.2, -0.15) is 0 Å². The number of aliphatic hydroxyl groups excluding tert-OH is 2. The molecule has 0 radical (unpaired) electrons. The molecule has 0 rings (SSSR count). The number of nitrogens with one attached hydrogen (secondary N) is 1. The van der Waals surface area contributed by atoms with E-state index in [0.717, 1.165) is 103 Å². The van der Waals surface area contributed by atoms with Crippen molar-refractivity contribution in [3.05, 3.63) is 134 Å². The van der Waals surface area contributed by atoms with Gasteiger partial charge in [-0.25, -0.2) is 0 Å². The number of carbonyl (C=O) groups is 1. The summed E-state index contributed by atoms with van der Waals surface area (Å²) in [7, 11) is 0. The van der Waals surface area contributed by atoms with Crippen LogP contribution >= 0.6 is 0 Å². The van der Waals surface area contributed by atoms with E-state index >= 15 is 0 Å². The van der Waals surface area contributed by atoms with Gasteiger partial charge in [0, 0.05) is 6.42 Å². The molecule has 2 unspecified atom stereocenters. The summed E-state index contributed by atoms with van der Waals surface area (Å²) in [6.45, 7) is 4.16. The largest absolute Gasteiger partial charge is 0.394 e. The highest BCUT2D eigenvalue weighted by atomic mass is 16.3. The molecule has 0 aliphatic carbocycles. The van der Waals surface area contributed by atoms with Crippen molar-refractivity contribution in [1.82, 2.24) is 5.32 Å². The summed E-state index contributed by atoms with van der Waals surface area (Å²) in [5, 5.41) is 23.0. The summed E-state index contributed by atoms with van der Waals surface area (Å²) in [5.41, 5.74) is 0. The zero-order valence-electron chi connectivity index (χ0n) is 40.1. The normalized spacial score (nSPS) is 14.1. The second-order valence-electron chi connectivity index (χ2n) is 16.5. The van der Waals surface area contributed by atoms with Crippen molar-refractivity contribution < 1.29 is 15.0 Å². The van der Waals surface area contributed by atoms with Gasteiger partial charge >= 0.3 is 0 Å². The molecular formula is C58H95NO3. The van der Waals surface area contributed by atoms with Gasteiger partial charge < -0.3 is 15.5 Å². The maximum atomic E-state index is 12.4. The number of rotatable bonds is 44. The average Bonchev–Trinajstić information content (AvgIpc) is 3.28. The minimum absolute atomic E-state index is 0.0918. The molecule has 0 aliphatic rings. The van der Waals surface area contributed by atoms with Crippen LogP contribution in [0, 0.1) is 0 Å². The van der Waals surface area contributed by atoms with Crippen molar-refractivity contribution in [2.24, 2.45) is 0 Å². The first-order valence-corrected chi connectivity index (χ1v) is 25.4. The van der Waals surface area contributed by atoms with Crippen LogP contribution in [0.25, 0.3) is 0 Å². The Bertz CT molecular complexity index is 1290. The molecule has 0 fully saturated rings. The van der Waals surface area contributed by atoms with Crippen molar-refractivity contribution in [2.45, 2.75) is 219 Å². The SMILES string of the molecule is CC/C=C\C/C=C\C/C=C\C/C=C\C/C=C\C/C=C\C/C=C\C/C=C\C/C=C\CCCCCCCCCC(=O)NC(CO)C(O)/C=C/CC/C=C/CCCCCCCCCCC. The summed E-state index contributed by atoms with van der Waals surface area (Å²) in [5.74, 6) is -0.0918. The molecule has 0 aromatic heterocycles. The molecule has 350 valence electrons. The van der Waals surface area contributed by atoms with Crippen LogP contribution < -0.4 is 5.32 Å². The van der Waals surface area contributed by atoms with Crippen molar-refractivity contribution in [3.63, 3.8) is 0 Å². The molecule has 3 N–H and O–H groups in total. The highest BCUT2D eigenvalue weighted by molar-refractivity contribution is 5.76. The summed E-state index contributed by atoms with van der Waals surface area (Å²) in [6.07, 6.45) is 81.5. The van der Waals surface area contributed by atoms with E-state index in [4.69, 9.17) is 0 Å². The fraction of sp³-hybridized carbons (Fsp3) is 0.603. The zero-order valence-corrected chi connectivity index (χ0v) is 40.1. The number of hydrogen-bond donors (Lipinski definition) is 3. The first-order chi connectivity index (χ1) is 30.7. The minimum atomic E-state index is -0.876. The Kier molecular flexibility index (Phi) is 49.0. The van der Waals surface area contributed by atoms with Gasteiger partial charge in [0.15, 0.2) is 0 Å². The Labute approximate surface area is 383 Å². The highest BCUT2D eigenvalue weighted by Gasteiger charge is 2.17. The van der Waals surface area contributed by atoms with E-state index in [0.29, 0.717) is 6.42 Å². The Hall–Kier alpha value is -3.47. The monoisotopic (exact) mass is 854 g/mol. The fourth-order valence-corrected chi connectivity index (χ4v) is 6.77. The summed E-state index contributed by atoms with van der Waals surface area (Å²) < 4.78 is 0. The molecule has 2 atom stereocenters. The molecule has 0 spiro atoms. The van der Waals surface area contributed by atoms with Gasteiger partial charge in [-0.15, -0.1) is 0 Å². The number of allylic oxidation sites excluding steroid dienone is 21. The van der Waals surface area contributed by atoms with E-state index < -0.39 is 12.1 Å². The average molecular weight is 854 g/mol. The molecule has 1 amide bonds. The third-order valence-corrected chi connectivity index (χ3v) is 10.6. The smallest absolute Gasteiger partial charge is 0.220 e. The lowest BCUT2D eigenvalue weighted by molar-refractivity contribution is -0.123. The molecule has 0 aliphatic heterocycles. The third-order valence-electron chi connectivity index (χ3n) is 10.6. The number of carbonyl (C=O) groups excluding carboxylic acids is 1. The predicted octanol–water partition coefficient (Wildman–Crippen LogP) is 16.7. The molecule has 4 nitrogen and oxygen atoms in total. The molecule has 62 heavy (non-hydrogen) atoms. The van der Waals surface area contributed by atoms with Crippen LogP contribution in [0.4, 0.5) is 0 Å².